The lowest BCUT2D eigenvalue weighted by atomic mass is 9.87. The summed E-state index contributed by atoms with van der Waals surface area (Å²) in [4.78, 5) is 7.18. The molecule has 0 spiro atoms. The minimum atomic E-state index is 0.498. The fourth-order valence-corrected chi connectivity index (χ4v) is 3.53. The Morgan fingerprint density at radius 3 is 2.94 bits per heavy atom. The largest absolute Gasteiger partial charge is 0.330 e. The van der Waals surface area contributed by atoms with Gasteiger partial charge in [0.25, 0.3) is 0 Å². The highest BCUT2D eigenvalue weighted by Crippen LogP contribution is 2.42. The molecule has 1 aromatic rings. The van der Waals surface area contributed by atoms with Gasteiger partial charge >= 0.3 is 0 Å². The first-order chi connectivity index (χ1) is 7.90. The van der Waals surface area contributed by atoms with Crippen molar-refractivity contribution in [3.05, 3.63) is 16.6 Å². The summed E-state index contributed by atoms with van der Waals surface area (Å²) in [6, 6.07) is 1.32. The molecule has 1 aliphatic carbocycles. The molecule has 2 atom stereocenters. The van der Waals surface area contributed by atoms with Crippen LogP contribution in [-0.4, -0.2) is 29.0 Å². The standard InChI is InChI=1S/C12H19N3S/c13-6-9-2-1-5-15(10-3-4-10)12(9)11-7-16-8-14-11/h7-10,12H,1-6,13H2. The zero-order valence-corrected chi connectivity index (χ0v) is 10.3. The second kappa shape index (κ2) is 4.43. The number of hydrogen-bond acceptors (Lipinski definition) is 4. The van der Waals surface area contributed by atoms with Gasteiger partial charge in [-0.2, -0.15) is 0 Å². The Hall–Kier alpha value is -0.450. The smallest absolute Gasteiger partial charge is 0.0795 e. The third kappa shape index (κ3) is 1.90. The van der Waals surface area contributed by atoms with Gasteiger partial charge in [-0.1, -0.05) is 0 Å². The normalized spacial score (nSPS) is 31.8. The van der Waals surface area contributed by atoms with Gasteiger partial charge in [0, 0.05) is 11.4 Å². The Bertz CT molecular complexity index is 334. The van der Waals surface area contributed by atoms with E-state index in [1.54, 1.807) is 11.3 Å². The highest BCUT2D eigenvalue weighted by atomic mass is 32.1. The van der Waals surface area contributed by atoms with E-state index < -0.39 is 0 Å². The minimum absolute atomic E-state index is 0.498. The molecule has 2 unspecified atom stereocenters. The lowest BCUT2D eigenvalue weighted by Gasteiger charge is -2.40. The molecule has 2 aliphatic rings. The van der Waals surface area contributed by atoms with Gasteiger partial charge in [-0.25, -0.2) is 4.98 Å². The second-order valence-electron chi connectivity index (χ2n) is 4.97. The van der Waals surface area contributed by atoms with Crippen molar-refractivity contribution in [2.24, 2.45) is 11.7 Å². The van der Waals surface area contributed by atoms with E-state index in [1.807, 2.05) is 5.51 Å². The Balaban J connectivity index is 1.86. The predicted octanol–water partition coefficient (Wildman–Crippen LogP) is 2.02. The number of likely N-dealkylation sites (tertiary alicyclic amines) is 1. The Morgan fingerprint density at radius 1 is 1.44 bits per heavy atom. The number of rotatable bonds is 3. The van der Waals surface area contributed by atoms with E-state index >= 15 is 0 Å². The first kappa shape index (κ1) is 10.7. The molecule has 2 heterocycles. The summed E-state index contributed by atoms with van der Waals surface area (Å²) in [6.45, 7) is 2.04. The van der Waals surface area contributed by atoms with E-state index in [1.165, 1.54) is 37.9 Å². The lowest BCUT2D eigenvalue weighted by molar-refractivity contribution is 0.0854. The zero-order chi connectivity index (χ0) is 11.0. The summed E-state index contributed by atoms with van der Waals surface area (Å²) in [5.41, 5.74) is 9.14. The lowest BCUT2D eigenvalue weighted by Crippen LogP contribution is -2.42. The van der Waals surface area contributed by atoms with Crippen molar-refractivity contribution in [3.8, 4) is 0 Å². The topological polar surface area (TPSA) is 42.1 Å². The fourth-order valence-electron chi connectivity index (χ4n) is 2.95. The van der Waals surface area contributed by atoms with Gasteiger partial charge in [0.05, 0.1) is 17.2 Å². The van der Waals surface area contributed by atoms with E-state index in [0.717, 1.165) is 12.6 Å². The maximum absolute atomic E-state index is 5.93. The molecule has 0 radical (unpaired) electrons. The van der Waals surface area contributed by atoms with Gasteiger partial charge < -0.3 is 5.73 Å². The highest BCUT2D eigenvalue weighted by Gasteiger charge is 2.40. The van der Waals surface area contributed by atoms with Crippen LogP contribution in [0.25, 0.3) is 0 Å². The average Bonchev–Trinajstić information content (AvgIpc) is 3.04. The minimum Gasteiger partial charge on any atom is -0.330 e. The van der Waals surface area contributed by atoms with Crippen LogP contribution >= 0.6 is 11.3 Å². The van der Waals surface area contributed by atoms with Gasteiger partial charge in [-0.15, -0.1) is 11.3 Å². The fraction of sp³-hybridized carbons (Fsp3) is 0.750. The zero-order valence-electron chi connectivity index (χ0n) is 9.51. The quantitative estimate of drug-likeness (QED) is 0.874. The summed E-state index contributed by atoms with van der Waals surface area (Å²) in [6.07, 6.45) is 5.32. The number of hydrogen-bond donors (Lipinski definition) is 1. The van der Waals surface area contributed by atoms with Crippen LogP contribution in [0.3, 0.4) is 0 Å². The molecule has 1 saturated carbocycles. The van der Waals surface area contributed by atoms with E-state index in [2.05, 4.69) is 15.3 Å². The van der Waals surface area contributed by atoms with Crippen molar-refractivity contribution in [1.29, 1.82) is 0 Å². The molecule has 2 fully saturated rings. The van der Waals surface area contributed by atoms with Crippen LogP contribution in [-0.2, 0) is 0 Å². The van der Waals surface area contributed by atoms with Crippen molar-refractivity contribution < 1.29 is 0 Å². The van der Waals surface area contributed by atoms with Crippen LogP contribution < -0.4 is 5.73 Å². The van der Waals surface area contributed by atoms with Crippen molar-refractivity contribution in [3.63, 3.8) is 0 Å². The molecular weight excluding hydrogens is 218 g/mol. The monoisotopic (exact) mass is 237 g/mol. The number of thiazole rings is 1. The molecular formula is C12H19N3S. The van der Waals surface area contributed by atoms with Gasteiger partial charge in [0.15, 0.2) is 0 Å². The van der Waals surface area contributed by atoms with Crippen LogP contribution in [0.5, 0.6) is 0 Å². The van der Waals surface area contributed by atoms with Gasteiger partial charge in [0.2, 0.25) is 0 Å². The summed E-state index contributed by atoms with van der Waals surface area (Å²) < 4.78 is 0. The molecule has 4 heteroatoms. The third-order valence-corrected chi connectivity index (χ3v) is 4.47. The summed E-state index contributed by atoms with van der Waals surface area (Å²) in [7, 11) is 0. The van der Waals surface area contributed by atoms with Crippen molar-refractivity contribution in [2.45, 2.75) is 37.8 Å². The molecule has 0 aromatic carbocycles. The molecule has 3 rings (SSSR count). The number of piperidine rings is 1. The van der Waals surface area contributed by atoms with E-state index in [0.29, 0.717) is 12.0 Å². The molecule has 16 heavy (non-hydrogen) atoms. The number of aromatic nitrogens is 1. The summed E-state index contributed by atoms with van der Waals surface area (Å²) in [5.74, 6) is 0.608. The molecule has 2 N–H and O–H groups in total. The third-order valence-electron chi connectivity index (χ3n) is 3.87. The first-order valence-corrected chi connectivity index (χ1v) is 7.18. The van der Waals surface area contributed by atoms with Crippen LogP contribution in [0.4, 0.5) is 0 Å². The molecule has 0 bridgehead atoms. The highest BCUT2D eigenvalue weighted by molar-refractivity contribution is 7.07. The molecule has 3 nitrogen and oxygen atoms in total. The predicted molar refractivity (Wildman–Crippen MR) is 66.4 cm³/mol. The maximum atomic E-state index is 5.93. The molecule has 88 valence electrons. The average molecular weight is 237 g/mol. The second-order valence-corrected chi connectivity index (χ2v) is 5.68. The summed E-state index contributed by atoms with van der Waals surface area (Å²) in [5, 5.41) is 2.20. The van der Waals surface area contributed by atoms with Crippen LogP contribution in [0.15, 0.2) is 10.9 Å². The van der Waals surface area contributed by atoms with Crippen molar-refractivity contribution in [1.82, 2.24) is 9.88 Å². The van der Waals surface area contributed by atoms with Gasteiger partial charge in [0.1, 0.15) is 0 Å². The van der Waals surface area contributed by atoms with Gasteiger partial charge in [-0.05, 0) is 44.7 Å². The van der Waals surface area contributed by atoms with Crippen molar-refractivity contribution >= 4 is 11.3 Å². The van der Waals surface area contributed by atoms with Gasteiger partial charge in [-0.3, -0.25) is 4.90 Å². The van der Waals surface area contributed by atoms with E-state index in [-0.39, 0.29) is 0 Å². The molecule has 1 aromatic heterocycles. The Morgan fingerprint density at radius 2 is 2.31 bits per heavy atom. The van der Waals surface area contributed by atoms with Crippen molar-refractivity contribution in [2.75, 3.05) is 13.1 Å². The first-order valence-electron chi connectivity index (χ1n) is 6.24. The molecule has 1 aliphatic heterocycles. The maximum Gasteiger partial charge on any atom is 0.0795 e. The van der Waals surface area contributed by atoms with Crippen LogP contribution in [0.2, 0.25) is 0 Å². The molecule has 0 amide bonds. The van der Waals surface area contributed by atoms with E-state index in [9.17, 15) is 0 Å². The Labute approximate surface area is 101 Å². The summed E-state index contributed by atoms with van der Waals surface area (Å²) >= 11 is 1.70. The molecule has 1 saturated heterocycles. The van der Waals surface area contributed by atoms with Crippen LogP contribution in [0, 0.1) is 5.92 Å². The van der Waals surface area contributed by atoms with Crippen LogP contribution in [0.1, 0.15) is 37.4 Å². The number of nitrogens with two attached hydrogens (primary N) is 1. The SMILES string of the molecule is NCC1CCCN(C2CC2)C1c1cscn1. The van der Waals surface area contributed by atoms with E-state index in [4.69, 9.17) is 5.73 Å². The number of nitrogens with zero attached hydrogens (tertiary/aromatic N) is 2. The Kier molecular flexibility index (Phi) is 2.96.